The van der Waals surface area contributed by atoms with Crippen LogP contribution in [-0.2, 0) is 0 Å². The van der Waals surface area contributed by atoms with E-state index in [1.165, 1.54) is 11.1 Å². The standard InChI is InChI=1S/C16H18N2/c1-11-5-7-13(3)15(9-11)17-18-16-10-12(2)6-8-14(16)4/h5-10H,1-4H3/b18-17+. The van der Waals surface area contributed by atoms with Crippen LogP contribution in [0.25, 0.3) is 0 Å². The van der Waals surface area contributed by atoms with E-state index in [-0.39, 0.29) is 0 Å². The summed E-state index contributed by atoms with van der Waals surface area (Å²) in [4.78, 5) is 0. The number of hydrogen-bond donors (Lipinski definition) is 0. The second-order valence-electron chi connectivity index (χ2n) is 4.78. The van der Waals surface area contributed by atoms with Crippen molar-refractivity contribution in [3.63, 3.8) is 0 Å². The molecule has 0 radical (unpaired) electrons. The van der Waals surface area contributed by atoms with Crippen molar-refractivity contribution in [3.05, 3.63) is 58.7 Å². The van der Waals surface area contributed by atoms with Gasteiger partial charge in [-0.3, -0.25) is 0 Å². The van der Waals surface area contributed by atoms with E-state index < -0.39 is 0 Å². The predicted octanol–water partition coefficient (Wildman–Crippen LogP) is 5.34. The lowest BCUT2D eigenvalue weighted by molar-refractivity contribution is 1.18. The second kappa shape index (κ2) is 5.13. The summed E-state index contributed by atoms with van der Waals surface area (Å²) >= 11 is 0. The third kappa shape index (κ3) is 2.83. The van der Waals surface area contributed by atoms with Crippen LogP contribution in [0.1, 0.15) is 22.3 Å². The average Bonchev–Trinajstić information content (AvgIpc) is 2.34. The van der Waals surface area contributed by atoms with Gasteiger partial charge in [0.2, 0.25) is 0 Å². The lowest BCUT2D eigenvalue weighted by Crippen LogP contribution is -1.78. The first-order chi connectivity index (χ1) is 8.56. The van der Waals surface area contributed by atoms with E-state index in [2.05, 4.69) is 74.3 Å². The topological polar surface area (TPSA) is 24.7 Å². The maximum Gasteiger partial charge on any atom is 0.0888 e. The van der Waals surface area contributed by atoms with Crippen molar-refractivity contribution < 1.29 is 0 Å². The molecule has 0 aromatic heterocycles. The van der Waals surface area contributed by atoms with E-state index >= 15 is 0 Å². The highest BCUT2D eigenvalue weighted by Gasteiger charge is 1.99. The highest BCUT2D eigenvalue weighted by Crippen LogP contribution is 2.25. The number of rotatable bonds is 2. The zero-order chi connectivity index (χ0) is 13.1. The van der Waals surface area contributed by atoms with Gasteiger partial charge in [-0.15, -0.1) is 0 Å². The van der Waals surface area contributed by atoms with Gasteiger partial charge in [-0.25, -0.2) is 0 Å². The number of hydrogen-bond acceptors (Lipinski definition) is 2. The summed E-state index contributed by atoms with van der Waals surface area (Å²) in [6.07, 6.45) is 0. The molecule has 2 heteroatoms. The molecule has 0 aliphatic carbocycles. The molecule has 2 aromatic rings. The molecule has 18 heavy (non-hydrogen) atoms. The molecular formula is C16H18N2. The SMILES string of the molecule is Cc1ccc(C)c(/N=N/c2cc(C)ccc2C)c1. The molecular weight excluding hydrogens is 220 g/mol. The summed E-state index contributed by atoms with van der Waals surface area (Å²) in [6.45, 7) is 8.24. The molecule has 2 rings (SSSR count). The maximum absolute atomic E-state index is 4.36. The summed E-state index contributed by atoms with van der Waals surface area (Å²) in [7, 11) is 0. The number of azo groups is 1. The Morgan fingerprint density at radius 3 is 1.39 bits per heavy atom. The molecule has 2 nitrogen and oxygen atoms in total. The Kier molecular flexibility index (Phi) is 3.56. The highest BCUT2D eigenvalue weighted by atomic mass is 15.1. The Hall–Kier alpha value is -1.96. The van der Waals surface area contributed by atoms with Gasteiger partial charge in [0, 0.05) is 0 Å². The zero-order valence-electron chi connectivity index (χ0n) is 11.4. The van der Waals surface area contributed by atoms with Crippen LogP contribution in [0.3, 0.4) is 0 Å². The Balaban J connectivity index is 2.35. The Labute approximate surface area is 108 Å². The van der Waals surface area contributed by atoms with Gasteiger partial charge < -0.3 is 0 Å². The summed E-state index contributed by atoms with van der Waals surface area (Å²) in [5.74, 6) is 0. The molecule has 0 unspecified atom stereocenters. The first-order valence-corrected chi connectivity index (χ1v) is 6.12. The van der Waals surface area contributed by atoms with E-state index in [1.54, 1.807) is 0 Å². The van der Waals surface area contributed by atoms with Gasteiger partial charge in [0.15, 0.2) is 0 Å². The Morgan fingerprint density at radius 2 is 1.00 bits per heavy atom. The Bertz CT molecular complexity index is 545. The minimum absolute atomic E-state index is 0.941. The third-order valence-electron chi connectivity index (χ3n) is 2.99. The molecule has 0 N–H and O–H groups in total. The highest BCUT2D eigenvalue weighted by molar-refractivity contribution is 5.50. The molecule has 0 heterocycles. The molecule has 0 atom stereocenters. The van der Waals surface area contributed by atoms with Crippen LogP contribution >= 0.6 is 0 Å². The minimum Gasteiger partial charge on any atom is -0.150 e. The summed E-state index contributed by atoms with van der Waals surface area (Å²) < 4.78 is 0. The monoisotopic (exact) mass is 238 g/mol. The van der Waals surface area contributed by atoms with Crippen LogP contribution in [0.2, 0.25) is 0 Å². The van der Waals surface area contributed by atoms with Crippen molar-refractivity contribution in [2.45, 2.75) is 27.7 Å². The van der Waals surface area contributed by atoms with Gasteiger partial charge in [-0.05, 0) is 62.1 Å². The smallest absolute Gasteiger partial charge is 0.0888 e. The summed E-state index contributed by atoms with van der Waals surface area (Å²) in [5, 5.41) is 8.73. The van der Waals surface area contributed by atoms with Gasteiger partial charge in [-0.2, -0.15) is 10.2 Å². The molecule has 0 aliphatic heterocycles. The van der Waals surface area contributed by atoms with Crippen LogP contribution in [-0.4, -0.2) is 0 Å². The molecule has 92 valence electrons. The van der Waals surface area contributed by atoms with Crippen LogP contribution < -0.4 is 0 Å². The fourth-order valence-electron chi connectivity index (χ4n) is 1.76. The van der Waals surface area contributed by atoms with Crippen molar-refractivity contribution in [1.82, 2.24) is 0 Å². The van der Waals surface area contributed by atoms with E-state index in [1.807, 2.05) is 0 Å². The fourth-order valence-corrected chi connectivity index (χ4v) is 1.76. The zero-order valence-corrected chi connectivity index (χ0v) is 11.4. The van der Waals surface area contributed by atoms with E-state index in [9.17, 15) is 0 Å². The van der Waals surface area contributed by atoms with Crippen LogP contribution in [0.15, 0.2) is 46.6 Å². The molecule has 0 fully saturated rings. The molecule has 0 spiro atoms. The molecule has 0 saturated carbocycles. The van der Waals surface area contributed by atoms with Gasteiger partial charge >= 0.3 is 0 Å². The van der Waals surface area contributed by atoms with Crippen molar-refractivity contribution in [2.75, 3.05) is 0 Å². The minimum atomic E-state index is 0.941. The largest absolute Gasteiger partial charge is 0.150 e. The van der Waals surface area contributed by atoms with Gasteiger partial charge in [0.1, 0.15) is 0 Å². The number of aryl methyl sites for hydroxylation is 4. The van der Waals surface area contributed by atoms with Gasteiger partial charge in [0.25, 0.3) is 0 Å². The van der Waals surface area contributed by atoms with Gasteiger partial charge in [-0.1, -0.05) is 24.3 Å². The number of nitrogens with zero attached hydrogens (tertiary/aromatic N) is 2. The quantitative estimate of drug-likeness (QED) is 0.631. The van der Waals surface area contributed by atoms with E-state index in [4.69, 9.17) is 0 Å². The fraction of sp³-hybridized carbons (Fsp3) is 0.250. The van der Waals surface area contributed by atoms with Crippen LogP contribution in [0.4, 0.5) is 11.4 Å². The summed E-state index contributed by atoms with van der Waals surface area (Å²) in [5.41, 5.74) is 6.59. The normalized spacial score (nSPS) is 11.1. The summed E-state index contributed by atoms with van der Waals surface area (Å²) in [6, 6.07) is 12.5. The Morgan fingerprint density at radius 1 is 0.611 bits per heavy atom. The number of benzene rings is 2. The first kappa shape index (κ1) is 12.5. The second-order valence-corrected chi connectivity index (χ2v) is 4.78. The van der Waals surface area contributed by atoms with Crippen molar-refractivity contribution in [2.24, 2.45) is 10.2 Å². The first-order valence-electron chi connectivity index (χ1n) is 6.12. The van der Waals surface area contributed by atoms with Crippen LogP contribution in [0.5, 0.6) is 0 Å². The maximum atomic E-state index is 4.36. The molecule has 0 bridgehead atoms. The van der Waals surface area contributed by atoms with Crippen LogP contribution in [0, 0.1) is 27.7 Å². The lowest BCUT2D eigenvalue weighted by Gasteiger charge is -2.02. The molecule has 0 saturated heterocycles. The van der Waals surface area contributed by atoms with E-state index in [0.717, 1.165) is 22.5 Å². The van der Waals surface area contributed by atoms with Crippen molar-refractivity contribution in [3.8, 4) is 0 Å². The lowest BCUT2D eigenvalue weighted by atomic mass is 10.1. The van der Waals surface area contributed by atoms with E-state index in [0.29, 0.717) is 0 Å². The third-order valence-corrected chi connectivity index (χ3v) is 2.99. The molecule has 0 aliphatic rings. The van der Waals surface area contributed by atoms with Crippen molar-refractivity contribution >= 4 is 11.4 Å². The molecule has 2 aromatic carbocycles. The van der Waals surface area contributed by atoms with Crippen molar-refractivity contribution in [1.29, 1.82) is 0 Å². The molecule has 0 amide bonds. The van der Waals surface area contributed by atoms with Gasteiger partial charge in [0.05, 0.1) is 11.4 Å². The predicted molar refractivity (Wildman–Crippen MR) is 76.0 cm³/mol. The average molecular weight is 238 g/mol.